The Morgan fingerprint density at radius 1 is 1.11 bits per heavy atom. The Bertz CT molecular complexity index is 590. The van der Waals surface area contributed by atoms with Crippen molar-refractivity contribution in [2.75, 3.05) is 7.05 Å². The molecule has 2 nitrogen and oxygen atoms in total. The quantitative estimate of drug-likeness (QED) is 0.911. The molecule has 0 spiro atoms. The maximum atomic E-state index is 13.8. The number of hydrogen-bond acceptors (Lipinski definition) is 2. The Kier molecular flexibility index (Phi) is 4.35. The van der Waals surface area contributed by atoms with Crippen molar-refractivity contribution in [1.82, 2.24) is 5.32 Å². The number of nitrogens with one attached hydrogen (secondary N) is 1. The minimum atomic E-state index is -0.605. The number of ether oxygens (including phenoxy) is 1. The lowest BCUT2D eigenvalue weighted by molar-refractivity contribution is 0.438. The van der Waals surface area contributed by atoms with Crippen molar-refractivity contribution in [1.29, 1.82) is 0 Å². The van der Waals surface area contributed by atoms with E-state index in [-0.39, 0.29) is 16.5 Å². The van der Waals surface area contributed by atoms with Gasteiger partial charge in [0.25, 0.3) is 0 Å². The second kappa shape index (κ2) is 5.99. The molecule has 0 aliphatic heterocycles. The standard InChI is InChI=1S/C14H12ClF2NO/c1-18-8-9-2-5-14(13(17)6-9)19-10-3-4-11(15)12(16)7-10/h2-7,18H,8H2,1H3. The molecule has 0 atom stereocenters. The van der Waals surface area contributed by atoms with Gasteiger partial charge in [-0.2, -0.15) is 0 Å². The summed E-state index contributed by atoms with van der Waals surface area (Å²) in [7, 11) is 1.78. The first kappa shape index (κ1) is 13.8. The molecule has 0 heterocycles. The third-order valence-corrected chi connectivity index (χ3v) is 2.80. The van der Waals surface area contributed by atoms with E-state index in [1.165, 1.54) is 24.3 Å². The van der Waals surface area contributed by atoms with Gasteiger partial charge in [0.15, 0.2) is 11.6 Å². The van der Waals surface area contributed by atoms with Crippen LogP contribution in [0.1, 0.15) is 5.56 Å². The van der Waals surface area contributed by atoms with E-state index < -0.39 is 11.6 Å². The highest BCUT2D eigenvalue weighted by atomic mass is 35.5. The van der Waals surface area contributed by atoms with Crippen LogP contribution in [0.15, 0.2) is 36.4 Å². The van der Waals surface area contributed by atoms with Crippen LogP contribution < -0.4 is 10.1 Å². The molecule has 2 aromatic rings. The lowest BCUT2D eigenvalue weighted by Crippen LogP contribution is -2.05. The van der Waals surface area contributed by atoms with E-state index >= 15 is 0 Å². The summed E-state index contributed by atoms with van der Waals surface area (Å²) in [6, 6.07) is 8.57. The highest BCUT2D eigenvalue weighted by molar-refractivity contribution is 6.30. The largest absolute Gasteiger partial charge is 0.454 e. The van der Waals surface area contributed by atoms with Crippen LogP contribution >= 0.6 is 11.6 Å². The van der Waals surface area contributed by atoms with Gasteiger partial charge < -0.3 is 10.1 Å². The van der Waals surface area contributed by atoms with E-state index in [1.54, 1.807) is 13.1 Å². The molecule has 0 aromatic heterocycles. The zero-order chi connectivity index (χ0) is 13.8. The topological polar surface area (TPSA) is 21.3 Å². The minimum absolute atomic E-state index is 0.00260. The molecular formula is C14H12ClF2NO. The van der Waals surface area contributed by atoms with Gasteiger partial charge in [-0.1, -0.05) is 17.7 Å². The second-order valence-electron chi connectivity index (χ2n) is 3.97. The van der Waals surface area contributed by atoms with Crippen LogP contribution in [0.5, 0.6) is 11.5 Å². The van der Waals surface area contributed by atoms with Gasteiger partial charge in [-0.3, -0.25) is 0 Å². The van der Waals surface area contributed by atoms with Gasteiger partial charge in [0.05, 0.1) is 5.02 Å². The van der Waals surface area contributed by atoms with Gasteiger partial charge in [-0.05, 0) is 36.9 Å². The fraction of sp³-hybridized carbons (Fsp3) is 0.143. The summed E-state index contributed by atoms with van der Waals surface area (Å²) in [5, 5.41) is 2.92. The Labute approximate surface area is 115 Å². The molecular weight excluding hydrogens is 272 g/mol. The average molecular weight is 284 g/mol. The number of hydrogen-bond donors (Lipinski definition) is 1. The summed E-state index contributed by atoms with van der Waals surface area (Å²) in [6.45, 7) is 0.562. The zero-order valence-corrected chi connectivity index (χ0v) is 11.0. The van der Waals surface area contributed by atoms with Crippen LogP contribution in [0, 0.1) is 11.6 Å². The van der Waals surface area contributed by atoms with Crippen LogP contribution in [0.25, 0.3) is 0 Å². The Morgan fingerprint density at radius 3 is 2.53 bits per heavy atom. The maximum absolute atomic E-state index is 13.8. The molecule has 0 saturated carbocycles. The van der Waals surface area contributed by atoms with Gasteiger partial charge in [0, 0.05) is 12.6 Å². The smallest absolute Gasteiger partial charge is 0.166 e. The van der Waals surface area contributed by atoms with E-state index in [0.717, 1.165) is 11.6 Å². The summed E-state index contributed by atoms with van der Waals surface area (Å²) < 4.78 is 32.3. The minimum Gasteiger partial charge on any atom is -0.454 e. The van der Waals surface area contributed by atoms with Crippen molar-refractivity contribution < 1.29 is 13.5 Å². The molecule has 0 amide bonds. The molecule has 5 heteroatoms. The normalized spacial score (nSPS) is 10.5. The molecule has 0 unspecified atom stereocenters. The van der Waals surface area contributed by atoms with E-state index in [0.29, 0.717) is 6.54 Å². The predicted molar refractivity (Wildman–Crippen MR) is 70.6 cm³/mol. The molecule has 0 fully saturated rings. The van der Waals surface area contributed by atoms with E-state index in [4.69, 9.17) is 16.3 Å². The summed E-state index contributed by atoms with van der Waals surface area (Å²) in [4.78, 5) is 0. The van der Waals surface area contributed by atoms with Crippen molar-refractivity contribution in [2.45, 2.75) is 6.54 Å². The summed E-state index contributed by atoms with van der Waals surface area (Å²) in [6.07, 6.45) is 0. The van der Waals surface area contributed by atoms with Crippen molar-refractivity contribution in [3.05, 3.63) is 58.6 Å². The van der Waals surface area contributed by atoms with Gasteiger partial charge in [-0.15, -0.1) is 0 Å². The lowest BCUT2D eigenvalue weighted by atomic mass is 10.2. The molecule has 0 radical (unpaired) electrons. The maximum Gasteiger partial charge on any atom is 0.166 e. The summed E-state index contributed by atoms with van der Waals surface area (Å²) in [5.41, 5.74) is 0.801. The van der Waals surface area contributed by atoms with E-state index in [9.17, 15) is 8.78 Å². The van der Waals surface area contributed by atoms with E-state index in [2.05, 4.69) is 5.32 Å². The SMILES string of the molecule is CNCc1ccc(Oc2ccc(Cl)c(F)c2)c(F)c1. The van der Waals surface area contributed by atoms with Crippen molar-refractivity contribution in [3.63, 3.8) is 0 Å². The first-order valence-corrected chi connectivity index (χ1v) is 6.04. The van der Waals surface area contributed by atoms with Crippen LogP contribution in [-0.2, 0) is 6.54 Å². The van der Waals surface area contributed by atoms with Crippen molar-refractivity contribution in [3.8, 4) is 11.5 Å². The molecule has 1 N–H and O–H groups in total. The fourth-order valence-corrected chi connectivity index (χ4v) is 1.73. The van der Waals surface area contributed by atoms with Crippen LogP contribution in [0.2, 0.25) is 5.02 Å². The van der Waals surface area contributed by atoms with Crippen molar-refractivity contribution in [2.24, 2.45) is 0 Å². The van der Waals surface area contributed by atoms with Crippen LogP contribution in [-0.4, -0.2) is 7.05 Å². The van der Waals surface area contributed by atoms with E-state index in [1.807, 2.05) is 0 Å². The second-order valence-corrected chi connectivity index (χ2v) is 4.38. The fourth-order valence-electron chi connectivity index (χ4n) is 1.61. The van der Waals surface area contributed by atoms with Crippen LogP contribution in [0.3, 0.4) is 0 Å². The molecule has 0 aliphatic carbocycles. The van der Waals surface area contributed by atoms with Gasteiger partial charge in [0.2, 0.25) is 0 Å². The van der Waals surface area contributed by atoms with Crippen LogP contribution in [0.4, 0.5) is 8.78 Å². The predicted octanol–water partition coefficient (Wildman–Crippen LogP) is 4.13. The van der Waals surface area contributed by atoms with Crippen molar-refractivity contribution >= 4 is 11.6 Å². The number of halogens is 3. The highest BCUT2D eigenvalue weighted by Gasteiger charge is 2.08. The molecule has 100 valence electrons. The monoisotopic (exact) mass is 283 g/mol. The molecule has 19 heavy (non-hydrogen) atoms. The zero-order valence-electron chi connectivity index (χ0n) is 10.2. The first-order valence-electron chi connectivity index (χ1n) is 5.66. The first-order chi connectivity index (χ1) is 9.10. The Balaban J connectivity index is 2.20. The molecule has 0 aliphatic rings. The average Bonchev–Trinajstić information content (AvgIpc) is 2.37. The number of rotatable bonds is 4. The molecule has 0 saturated heterocycles. The Hall–Kier alpha value is -1.65. The summed E-state index contributed by atoms with van der Waals surface area (Å²) >= 11 is 5.56. The molecule has 2 rings (SSSR count). The third-order valence-electron chi connectivity index (χ3n) is 2.50. The highest BCUT2D eigenvalue weighted by Crippen LogP contribution is 2.27. The summed E-state index contributed by atoms with van der Waals surface area (Å²) in [5.74, 6) is -0.863. The third kappa shape index (κ3) is 3.43. The lowest BCUT2D eigenvalue weighted by Gasteiger charge is -2.08. The Morgan fingerprint density at radius 2 is 1.89 bits per heavy atom. The van der Waals surface area contributed by atoms with Gasteiger partial charge in [0.1, 0.15) is 11.6 Å². The van der Waals surface area contributed by atoms with Gasteiger partial charge in [-0.25, -0.2) is 8.78 Å². The molecule has 0 bridgehead atoms. The molecule has 2 aromatic carbocycles. The number of benzene rings is 2. The van der Waals surface area contributed by atoms with Gasteiger partial charge >= 0.3 is 0 Å².